The summed E-state index contributed by atoms with van der Waals surface area (Å²) in [6.45, 7) is 1.79. The average Bonchev–Trinajstić information content (AvgIpc) is 2.96. The first kappa shape index (κ1) is 13.8. The molecule has 1 aliphatic heterocycles. The molecule has 2 aromatic rings. The van der Waals surface area contributed by atoms with E-state index in [0.29, 0.717) is 27.4 Å². The van der Waals surface area contributed by atoms with Crippen LogP contribution in [-0.4, -0.2) is 16.8 Å². The minimum Gasteiger partial charge on any atom is -0.360 e. The van der Waals surface area contributed by atoms with Crippen LogP contribution in [0.2, 0.25) is 10.0 Å². The molecule has 0 saturated carbocycles. The Morgan fingerprint density at radius 2 is 2.20 bits per heavy atom. The number of thioether (sulfide) groups is 1. The number of anilines is 1. The third-order valence-corrected chi connectivity index (χ3v) is 4.72. The molecule has 1 fully saturated rings. The third kappa shape index (κ3) is 2.41. The van der Waals surface area contributed by atoms with Gasteiger partial charge in [-0.1, -0.05) is 34.4 Å². The number of nitrogens with zero attached hydrogens (tertiary/aromatic N) is 2. The Labute approximate surface area is 130 Å². The van der Waals surface area contributed by atoms with Crippen molar-refractivity contribution >= 4 is 46.7 Å². The van der Waals surface area contributed by atoms with E-state index in [9.17, 15) is 4.79 Å². The second-order valence-electron chi connectivity index (χ2n) is 4.39. The van der Waals surface area contributed by atoms with Gasteiger partial charge < -0.3 is 4.52 Å². The maximum Gasteiger partial charge on any atom is 0.239 e. The molecule has 1 aromatic heterocycles. The summed E-state index contributed by atoms with van der Waals surface area (Å²) < 4.78 is 5.05. The van der Waals surface area contributed by atoms with Gasteiger partial charge in [-0.05, 0) is 19.1 Å². The molecule has 1 atom stereocenters. The first-order chi connectivity index (χ1) is 9.56. The van der Waals surface area contributed by atoms with Gasteiger partial charge in [0.1, 0.15) is 11.1 Å². The molecule has 20 heavy (non-hydrogen) atoms. The van der Waals surface area contributed by atoms with E-state index < -0.39 is 0 Å². The zero-order valence-electron chi connectivity index (χ0n) is 10.5. The topological polar surface area (TPSA) is 46.3 Å². The summed E-state index contributed by atoms with van der Waals surface area (Å²) >= 11 is 13.6. The van der Waals surface area contributed by atoms with Gasteiger partial charge in [-0.25, -0.2) is 0 Å². The van der Waals surface area contributed by atoms with Crippen LogP contribution in [-0.2, 0) is 4.79 Å². The monoisotopic (exact) mass is 328 g/mol. The Bertz CT molecular complexity index is 674. The van der Waals surface area contributed by atoms with Gasteiger partial charge in [0, 0.05) is 21.7 Å². The number of carbonyl (C=O) groups excluding carboxylic acids is 1. The Balaban J connectivity index is 2.01. The molecular formula is C13H10Cl2N2O2S. The molecule has 1 amide bonds. The van der Waals surface area contributed by atoms with Crippen LogP contribution in [0.3, 0.4) is 0 Å². The quantitative estimate of drug-likeness (QED) is 0.833. The number of hydrogen-bond acceptors (Lipinski definition) is 4. The van der Waals surface area contributed by atoms with Crippen molar-refractivity contribution < 1.29 is 9.32 Å². The Morgan fingerprint density at radius 3 is 2.85 bits per heavy atom. The van der Waals surface area contributed by atoms with Crippen LogP contribution >= 0.6 is 35.0 Å². The van der Waals surface area contributed by atoms with Gasteiger partial charge in [-0.15, -0.1) is 11.8 Å². The molecule has 3 rings (SSSR count). The molecule has 1 aliphatic rings. The Morgan fingerprint density at radius 1 is 1.40 bits per heavy atom. The highest BCUT2D eigenvalue weighted by molar-refractivity contribution is 8.00. The summed E-state index contributed by atoms with van der Waals surface area (Å²) in [4.78, 5) is 13.7. The van der Waals surface area contributed by atoms with Crippen LogP contribution in [0.5, 0.6) is 0 Å². The van der Waals surface area contributed by atoms with Crippen molar-refractivity contribution in [2.75, 3.05) is 10.7 Å². The molecule has 104 valence electrons. The standard InChI is InChI=1S/C13H10Cl2N2O2S/c1-7-4-11(16-19-7)17-12(18)6-20-13(17)9-3-2-8(14)5-10(9)15/h2-5,13H,6H2,1H3. The molecule has 2 heterocycles. The van der Waals surface area contributed by atoms with Gasteiger partial charge in [-0.3, -0.25) is 9.69 Å². The third-order valence-electron chi connectivity index (χ3n) is 2.96. The molecule has 0 N–H and O–H groups in total. The van der Waals surface area contributed by atoms with Gasteiger partial charge in [0.15, 0.2) is 5.82 Å². The summed E-state index contributed by atoms with van der Waals surface area (Å²) in [5.41, 5.74) is 0.840. The van der Waals surface area contributed by atoms with E-state index in [1.807, 2.05) is 6.07 Å². The fraction of sp³-hybridized carbons (Fsp3) is 0.231. The van der Waals surface area contributed by atoms with Crippen LogP contribution < -0.4 is 4.90 Å². The highest BCUT2D eigenvalue weighted by Crippen LogP contribution is 2.44. The molecule has 4 nitrogen and oxygen atoms in total. The zero-order valence-corrected chi connectivity index (χ0v) is 12.8. The number of aromatic nitrogens is 1. The Kier molecular flexibility index (Phi) is 3.67. The summed E-state index contributed by atoms with van der Waals surface area (Å²) in [6, 6.07) is 7.01. The zero-order chi connectivity index (χ0) is 14.3. The van der Waals surface area contributed by atoms with Crippen molar-refractivity contribution in [3.63, 3.8) is 0 Å². The SMILES string of the molecule is Cc1cc(N2C(=O)CSC2c2ccc(Cl)cc2Cl)no1. The maximum atomic E-state index is 12.1. The molecule has 0 radical (unpaired) electrons. The van der Waals surface area contributed by atoms with E-state index in [0.717, 1.165) is 5.56 Å². The van der Waals surface area contributed by atoms with Gasteiger partial charge >= 0.3 is 0 Å². The minimum atomic E-state index is -0.211. The molecule has 1 unspecified atom stereocenters. The first-order valence-electron chi connectivity index (χ1n) is 5.88. The number of amides is 1. The number of benzene rings is 1. The molecule has 0 spiro atoms. The average molecular weight is 329 g/mol. The van der Waals surface area contributed by atoms with Gasteiger partial charge in [0.2, 0.25) is 5.91 Å². The van der Waals surface area contributed by atoms with E-state index in [4.69, 9.17) is 27.7 Å². The van der Waals surface area contributed by atoms with Crippen molar-refractivity contribution in [1.29, 1.82) is 0 Å². The number of aryl methyl sites for hydroxylation is 1. The summed E-state index contributed by atoms with van der Waals surface area (Å²) in [5, 5.41) is 4.81. The van der Waals surface area contributed by atoms with Crippen LogP contribution in [0.4, 0.5) is 5.82 Å². The molecule has 1 aromatic carbocycles. The Hall–Kier alpha value is -1.17. The fourth-order valence-corrected chi connectivity index (χ4v) is 3.85. The number of carbonyl (C=O) groups is 1. The molecule has 0 bridgehead atoms. The predicted molar refractivity (Wildman–Crippen MR) is 80.4 cm³/mol. The number of hydrogen-bond donors (Lipinski definition) is 0. The highest BCUT2D eigenvalue weighted by atomic mass is 35.5. The summed E-state index contributed by atoms with van der Waals surface area (Å²) in [5.74, 6) is 1.54. The normalized spacial score (nSPS) is 18.9. The van der Waals surface area contributed by atoms with Crippen molar-refractivity contribution in [3.05, 3.63) is 45.6 Å². The molecule has 0 aliphatic carbocycles. The van der Waals surface area contributed by atoms with Gasteiger partial charge in [0.05, 0.1) is 5.75 Å². The van der Waals surface area contributed by atoms with E-state index >= 15 is 0 Å². The second kappa shape index (κ2) is 5.31. The number of halogens is 2. The smallest absolute Gasteiger partial charge is 0.239 e. The lowest BCUT2D eigenvalue weighted by atomic mass is 10.2. The first-order valence-corrected chi connectivity index (χ1v) is 7.68. The van der Waals surface area contributed by atoms with Crippen molar-refractivity contribution in [1.82, 2.24) is 5.16 Å². The number of rotatable bonds is 2. The van der Waals surface area contributed by atoms with Gasteiger partial charge in [0.25, 0.3) is 0 Å². The highest BCUT2D eigenvalue weighted by Gasteiger charge is 2.36. The molecule has 1 saturated heterocycles. The molecular weight excluding hydrogens is 319 g/mol. The van der Waals surface area contributed by atoms with Crippen LogP contribution in [0.15, 0.2) is 28.8 Å². The summed E-state index contributed by atoms with van der Waals surface area (Å²) in [6.07, 6.45) is 0. The van der Waals surface area contributed by atoms with Gasteiger partial charge in [-0.2, -0.15) is 0 Å². The van der Waals surface area contributed by atoms with E-state index in [2.05, 4.69) is 5.16 Å². The largest absolute Gasteiger partial charge is 0.360 e. The van der Waals surface area contributed by atoms with E-state index in [1.165, 1.54) is 11.8 Å². The van der Waals surface area contributed by atoms with Crippen molar-refractivity contribution in [2.45, 2.75) is 12.3 Å². The second-order valence-corrected chi connectivity index (χ2v) is 6.30. The lowest BCUT2D eigenvalue weighted by Crippen LogP contribution is -2.28. The predicted octanol–water partition coefficient (Wildman–Crippen LogP) is 4.07. The van der Waals surface area contributed by atoms with E-state index in [-0.39, 0.29) is 11.3 Å². The maximum absolute atomic E-state index is 12.1. The van der Waals surface area contributed by atoms with Crippen LogP contribution in [0, 0.1) is 6.92 Å². The summed E-state index contributed by atoms with van der Waals surface area (Å²) in [7, 11) is 0. The lowest BCUT2D eigenvalue weighted by Gasteiger charge is -2.22. The van der Waals surface area contributed by atoms with Crippen LogP contribution in [0.1, 0.15) is 16.7 Å². The van der Waals surface area contributed by atoms with Crippen LogP contribution in [0.25, 0.3) is 0 Å². The van der Waals surface area contributed by atoms with E-state index in [1.54, 1.807) is 30.0 Å². The van der Waals surface area contributed by atoms with Crippen molar-refractivity contribution in [2.24, 2.45) is 0 Å². The molecule has 7 heteroatoms. The lowest BCUT2D eigenvalue weighted by molar-refractivity contribution is -0.115. The minimum absolute atomic E-state index is 0.0145. The van der Waals surface area contributed by atoms with Crippen molar-refractivity contribution in [3.8, 4) is 0 Å². The fourth-order valence-electron chi connectivity index (χ4n) is 2.07.